The maximum Gasteiger partial charge on any atom is 0.0711 e. The fourth-order valence-electron chi connectivity index (χ4n) is 3.09. The van der Waals surface area contributed by atoms with E-state index in [9.17, 15) is 0 Å². The molecule has 19 heavy (non-hydrogen) atoms. The van der Waals surface area contributed by atoms with E-state index in [1.54, 1.807) is 0 Å². The lowest BCUT2D eigenvalue weighted by atomic mass is 9.73. The van der Waals surface area contributed by atoms with Gasteiger partial charge < -0.3 is 11.1 Å². The minimum Gasteiger partial charge on any atom is -0.330 e. The van der Waals surface area contributed by atoms with Gasteiger partial charge in [-0.15, -0.1) is 0 Å². The van der Waals surface area contributed by atoms with E-state index in [4.69, 9.17) is 10.7 Å². The molecule has 1 aromatic heterocycles. The van der Waals surface area contributed by atoms with Crippen molar-refractivity contribution in [2.45, 2.75) is 24.7 Å². The lowest BCUT2D eigenvalue weighted by Crippen LogP contribution is -2.41. The summed E-state index contributed by atoms with van der Waals surface area (Å²) in [5.74, 6) is 0. The number of nitrogens with zero attached hydrogens (tertiary/aromatic N) is 1. The molecule has 2 heterocycles. The molecule has 3 heteroatoms. The summed E-state index contributed by atoms with van der Waals surface area (Å²) in [5.41, 5.74) is 8.18. The molecule has 0 amide bonds. The lowest BCUT2D eigenvalue weighted by Gasteiger charge is -2.37. The number of fused-ring (bicyclic) bond motifs is 1. The maximum absolute atomic E-state index is 5.84. The van der Waals surface area contributed by atoms with E-state index in [1.165, 1.54) is 0 Å². The molecule has 2 aromatic rings. The molecule has 1 aromatic carbocycles. The summed E-state index contributed by atoms with van der Waals surface area (Å²) in [4.78, 5) is 4.88. The van der Waals surface area contributed by atoms with Crippen LogP contribution in [0.15, 0.2) is 30.3 Å². The maximum atomic E-state index is 5.84. The zero-order valence-corrected chi connectivity index (χ0v) is 11.2. The highest BCUT2D eigenvalue weighted by atomic mass is 14.9. The van der Waals surface area contributed by atoms with Gasteiger partial charge in [-0.05, 0) is 57.1 Å². The molecule has 0 aliphatic carbocycles. The Morgan fingerprint density at radius 2 is 2.05 bits per heavy atom. The Hall–Kier alpha value is -1.45. The largest absolute Gasteiger partial charge is 0.330 e. The normalized spacial score (nSPS) is 18.6. The molecule has 3 N–H and O–H groups in total. The van der Waals surface area contributed by atoms with Gasteiger partial charge in [0.1, 0.15) is 0 Å². The van der Waals surface area contributed by atoms with Crippen LogP contribution in [0.25, 0.3) is 10.9 Å². The van der Waals surface area contributed by atoms with Gasteiger partial charge >= 0.3 is 0 Å². The zero-order chi connectivity index (χ0) is 13.1. The van der Waals surface area contributed by atoms with E-state index < -0.39 is 0 Å². The van der Waals surface area contributed by atoms with Crippen molar-refractivity contribution in [3.8, 4) is 0 Å². The second kappa shape index (κ2) is 5.27. The van der Waals surface area contributed by atoms with Gasteiger partial charge in [0.2, 0.25) is 0 Å². The first-order valence-electron chi connectivity index (χ1n) is 7.03. The average Bonchev–Trinajstić information content (AvgIpc) is 2.48. The van der Waals surface area contributed by atoms with Crippen LogP contribution in [-0.2, 0) is 5.41 Å². The van der Waals surface area contributed by atoms with Crippen molar-refractivity contribution >= 4 is 10.9 Å². The number of hydrogen-bond donors (Lipinski definition) is 2. The van der Waals surface area contributed by atoms with Gasteiger partial charge in [0, 0.05) is 16.5 Å². The van der Waals surface area contributed by atoms with Crippen LogP contribution >= 0.6 is 0 Å². The third-order valence-electron chi connectivity index (χ3n) is 4.24. The molecule has 0 atom stereocenters. The molecule has 1 radical (unpaired) electrons. The van der Waals surface area contributed by atoms with E-state index in [-0.39, 0.29) is 5.41 Å². The third-order valence-corrected chi connectivity index (χ3v) is 4.24. The summed E-state index contributed by atoms with van der Waals surface area (Å²) in [6.07, 6.45) is 3.24. The Balaban J connectivity index is 2.04. The molecule has 0 unspecified atom stereocenters. The van der Waals surface area contributed by atoms with Gasteiger partial charge in [-0.25, -0.2) is 0 Å². The summed E-state index contributed by atoms with van der Waals surface area (Å²) >= 11 is 0. The summed E-state index contributed by atoms with van der Waals surface area (Å²) in [6.45, 7) is 2.82. The first-order valence-corrected chi connectivity index (χ1v) is 7.03. The third kappa shape index (κ3) is 2.36. The molecule has 3 rings (SSSR count). The molecular formula is C16H20N3. The Morgan fingerprint density at radius 1 is 1.26 bits per heavy atom. The summed E-state index contributed by atoms with van der Waals surface area (Å²) in [5, 5.41) is 4.51. The van der Waals surface area contributed by atoms with Crippen molar-refractivity contribution < 1.29 is 0 Å². The highest BCUT2D eigenvalue weighted by Crippen LogP contribution is 2.35. The molecule has 3 nitrogen and oxygen atoms in total. The van der Waals surface area contributed by atoms with Crippen LogP contribution in [0, 0.1) is 6.07 Å². The number of benzene rings is 1. The summed E-state index contributed by atoms with van der Waals surface area (Å²) < 4.78 is 0. The van der Waals surface area contributed by atoms with Crippen LogP contribution in [-0.4, -0.2) is 24.6 Å². The van der Waals surface area contributed by atoms with E-state index in [0.29, 0.717) is 6.54 Å². The van der Waals surface area contributed by atoms with Crippen LogP contribution < -0.4 is 11.1 Å². The molecule has 99 valence electrons. The van der Waals surface area contributed by atoms with Crippen molar-refractivity contribution in [1.82, 2.24) is 10.3 Å². The Kier molecular flexibility index (Phi) is 3.49. The van der Waals surface area contributed by atoms with E-state index in [1.807, 2.05) is 12.1 Å². The molecule has 1 fully saturated rings. The van der Waals surface area contributed by atoms with Crippen molar-refractivity contribution in [1.29, 1.82) is 0 Å². The van der Waals surface area contributed by atoms with Crippen molar-refractivity contribution in [2.24, 2.45) is 5.73 Å². The van der Waals surface area contributed by atoms with Gasteiger partial charge in [-0.2, -0.15) is 0 Å². The molecule has 0 saturated carbocycles. The lowest BCUT2D eigenvalue weighted by molar-refractivity contribution is 0.285. The van der Waals surface area contributed by atoms with Gasteiger partial charge in [0.15, 0.2) is 0 Å². The minimum absolute atomic E-state index is 0.139. The molecule has 1 aliphatic heterocycles. The fourth-order valence-corrected chi connectivity index (χ4v) is 3.09. The van der Waals surface area contributed by atoms with E-state index in [2.05, 4.69) is 29.6 Å². The number of pyridine rings is 1. The van der Waals surface area contributed by atoms with E-state index >= 15 is 0 Å². The Morgan fingerprint density at radius 3 is 2.84 bits per heavy atom. The van der Waals surface area contributed by atoms with Crippen LogP contribution in [0.5, 0.6) is 0 Å². The van der Waals surface area contributed by atoms with Crippen LogP contribution in [0.3, 0.4) is 0 Å². The SMILES string of the molecule is NCCC1(c2c[c]c3ccccc3n2)CCNCC1. The summed E-state index contributed by atoms with van der Waals surface area (Å²) in [7, 11) is 0. The number of hydrogen-bond acceptors (Lipinski definition) is 3. The second-order valence-electron chi connectivity index (χ2n) is 5.37. The average molecular weight is 254 g/mol. The van der Waals surface area contributed by atoms with Crippen LogP contribution in [0.2, 0.25) is 0 Å². The van der Waals surface area contributed by atoms with E-state index in [0.717, 1.165) is 48.9 Å². The van der Waals surface area contributed by atoms with Gasteiger partial charge in [-0.1, -0.05) is 18.2 Å². The highest BCUT2D eigenvalue weighted by molar-refractivity contribution is 5.77. The molecular weight excluding hydrogens is 234 g/mol. The predicted octanol–water partition coefficient (Wildman–Crippen LogP) is 2.00. The summed E-state index contributed by atoms with van der Waals surface area (Å²) in [6, 6.07) is 13.6. The molecule has 0 bridgehead atoms. The molecule has 0 spiro atoms. The Labute approximate surface area is 114 Å². The number of nitrogens with two attached hydrogens (primary N) is 1. The van der Waals surface area contributed by atoms with Gasteiger partial charge in [-0.3, -0.25) is 4.98 Å². The zero-order valence-electron chi connectivity index (χ0n) is 11.2. The highest BCUT2D eigenvalue weighted by Gasteiger charge is 2.34. The standard InChI is InChI=1S/C16H20N3/c17-10-7-16(8-11-18-12-9-16)15-6-5-13-3-1-2-4-14(13)19-15/h1-4,6,18H,7-12,17H2. The first kappa shape index (κ1) is 12.6. The van der Waals surface area contributed by atoms with Crippen LogP contribution in [0.4, 0.5) is 0 Å². The number of rotatable bonds is 3. The number of nitrogens with one attached hydrogen (secondary N) is 1. The fraction of sp³-hybridized carbons (Fsp3) is 0.438. The van der Waals surface area contributed by atoms with Gasteiger partial charge in [0.05, 0.1) is 5.52 Å². The van der Waals surface area contributed by atoms with Crippen LogP contribution in [0.1, 0.15) is 25.0 Å². The minimum atomic E-state index is 0.139. The smallest absolute Gasteiger partial charge is 0.0711 e. The quantitative estimate of drug-likeness (QED) is 0.881. The Bertz CT molecular complexity index is 553. The van der Waals surface area contributed by atoms with Crippen molar-refractivity contribution in [3.63, 3.8) is 0 Å². The molecule has 1 aliphatic rings. The second-order valence-corrected chi connectivity index (χ2v) is 5.37. The van der Waals surface area contributed by atoms with Gasteiger partial charge in [0.25, 0.3) is 0 Å². The predicted molar refractivity (Wildman–Crippen MR) is 78.0 cm³/mol. The first-order chi connectivity index (χ1) is 9.34. The number of para-hydroxylation sites is 1. The topological polar surface area (TPSA) is 50.9 Å². The van der Waals surface area contributed by atoms with Crippen molar-refractivity contribution in [2.75, 3.05) is 19.6 Å². The van der Waals surface area contributed by atoms with Crippen molar-refractivity contribution in [3.05, 3.63) is 42.1 Å². The monoisotopic (exact) mass is 254 g/mol. The molecule has 1 saturated heterocycles. The number of aromatic nitrogens is 1. The number of piperidine rings is 1.